The van der Waals surface area contributed by atoms with Crippen molar-refractivity contribution >= 4 is 17.6 Å². The van der Waals surface area contributed by atoms with E-state index >= 15 is 0 Å². The summed E-state index contributed by atoms with van der Waals surface area (Å²) >= 11 is 5.56. The second-order valence-electron chi connectivity index (χ2n) is 3.05. The predicted molar refractivity (Wildman–Crippen MR) is 58.3 cm³/mol. The number of carbonyl (C=O) groups excluding carboxylic acids is 1. The molecule has 0 saturated heterocycles. The van der Waals surface area contributed by atoms with Gasteiger partial charge in [0.05, 0.1) is 18.9 Å². The van der Waals surface area contributed by atoms with Crippen LogP contribution >= 0.6 is 11.6 Å². The first-order chi connectivity index (χ1) is 7.70. The van der Waals surface area contributed by atoms with Gasteiger partial charge in [-0.1, -0.05) is 12.1 Å². The summed E-state index contributed by atoms with van der Waals surface area (Å²) < 4.78 is 9.72. The van der Waals surface area contributed by atoms with Gasteiger partial charge in [-0.2, -0.15) is 0 Å². The number of methoxy groups -OCH3 is 1. The van der Waals surface area contributed by atoms with Gasteiger partial charge >= 0.3 is 5.97 Å². The molecule has 0 unspecified atom stereocenters. The zero-order chi connectivity index (χ0) is 11.5. The minimum absolute atomic E-state index is 0.0899. The first-order valence-corrected chi connectivity index (χ1v) is 4.88. The van der Waals surface area contributed by atoms with Crippen molar-refractivity contribution in [3.8, 4) is 11.3 Å². The molecule has 0 atom stereocenters. The van der Waals surface area contributed by atoms with Crippen molar-refractivity contribution < 1.29 is 13.9 Å². The minimum Gasteiger partial charge on any atom is -0.465 e. The number of hydrogen-bond donors (Lipinski definition) is 0. The molecule has 0 N–H and O–H groups in total. The molecule has 0 amide bonds. The summed E-state index contributed by atoms with van der Waals surface area (Å²) in [5, 5.41) is 0.0899. The van der Waals surface area contributed by atoms with Crippen LogP contribution in [-0.2, 0) is 4.74 Å². The third-order valence-electron chi connectivity index (χ3n) is 2.07. The Bertz CT molecular complexity index is 504. The molecule has 0 saturated carbocycles. The number of benzene rings is 1. The third-order valence-corrected chi connectivity index (χ3v) is 2.24. The molecule has 0 fully saturated rings. The van der Waals surface area contributed by atoms with Crippen molar-refractivity contribution in [3.63, 3.8) is 0 Å². The molecule has 16 heavy (non-hydrogen) atoms. The zero-order valence-electron chi connectivity index (χ0n) is 8.44. The van der Waals surface area contributed by atoms with Crippen LogP contribution in [0.2, 0.25) is 5.35 Å². The number of rotatable bonds is 2. The van der Waals surface area contributed by atoms with Crippen LogP contribution in [0.5, 0.6) is 0 Å². The molecular weight excluding hydrogens is 230 g/mol. The second kappa shape index (κ2) is 4.37. The SMILES string of the molecule is COC(=O)c1ccc(-c2cnc(Cl)o2)cc1. The fraction of sp³-hybridized carbons (Fsp3) is 0.0909. The maximum absolute atomic E-state index is 11.2. The normalized spacial score (nSPS) is 10.1. The van der Waals surface area contributed by atoms with Gasteiger partial charge in [0, 0.05) is 5.56 Å². The zero-order valence-corrected chi connectivity index (χ0v) is 9.19. The number of halogens is 1. The van der Waals surface area contributed by atoms with Gasteiger partial charge in [-0.15, -0.1) is 0 Å². The van der Waals surface area contributed by atoms with E-state index in [0.29, 0.717) is 11.3 Å². The predicted octanol–water partition coefficient (Wildman–Crippen LogP) is 2.78. The Morgan fingerprint density at radius 3 is 2.56 bits per heavy atom. The van der Waals surface area contributed by atoms with Crippen LogP contribution in [0.15, 0.2) is 34.9 Å². The molecule has 0 aliphatic heterocycles. The van der Waals surface area contributed by atoms with Crippen LogP contribution in [0.4, 0.5) is 0 Å². The van der Waals surface area contributed by atoms with Crippen LogP contribution in [0.3, 0.4) is 0 Å². The maximum Gasteiger partial charge on any atom is 0.337 e. The van der Waals surface area contributed by atoms with Gasteiger partial charge in [0.2, 0.25) is 0 Å². The van der Waals surface area contributed by atoms with E-state index in [0.717, 1.165) is 5.56 Å². The van der Waals surface area contributed by atoms with E-state index in [4.69, 9.17) is 16.0 Å². The van der Waals surface area contributed by atoms with E-state index in [1.165, 1.54) is 13.3 Å². The highest BCUT2D eigenvalue weighted by molar-refractivity contribution is 6.27. The number of esters is 1. The largest absolute Gasteiger partial charge is 0.465 e. The Morgan fingerprint density at radius 1 is 1.38 bits per heavy atom. The molecule has 1 aromatic carbocycles. The Labute approximate surface area is 96.8 Å². The Balaban J connectivity index is 2.29. The summed E-state index contributed by atoms with van der Waals surface area (Å²) in [6, 6.07) is 6.78. The number of aromatic nitrogens is 1. The standard InChI is InChI=1S/C11H8ClNO3/c1-15-10(14)8-4-2-7(3-5-8)9-6-13-11(12)16-9/h2-6H,1H3. The fourth-order valence-electron chi connectivity index (χ4n) is 1.27. The summed E-state index contributed by atoms with van der Waals surface area (Å²) in [6.45, 7) is 0. The Morgan fingerprint density at radius 2 is 2.06 bits per heavy atom. The van der Waals surface area contributed by atoms with Crippen LogP contribution in [0.25, 0.3) is 11.3 Å². The lowest BCUT2D eigenvalue weighted by atomic mass is 10.1. The molecular formula is C11H8ClNO3. The van der Waals surface area contributed by atoms with Crippen LogP contribution in [0.1, 0.15) is 10.4 Å². The Hall–Kier alpha value is -1.81. The molecule has 1 aromatic heterocycles. The van der Waals surface area contributed by atoms with Crippen molar-refractivity contribution in [2.45, 2.75) is 0 Å². The van der Waals surface area contributed by atoms with Crippen LogP contribution < -0.4 is 0 Å². The molecule has 1 heterocycles. The summed E-state index contributed by atoms with van der Waals surface area (Å²) in [5.41, 5.74) is 1.28. The lowest BCUT2D eigenvalue weighted by Gasteiger charge is -1.99. The maximum atomic E-state index is 11.2. The van der Waals surface area contributed by atoms with Crippen molar-refractivity contribution in [2.75, 3.05) is 7.11 Å². The highest BCUT2D eigenvalue weighted by Gasteiger charge is 2.07. The monoisotopic (exact) mass is 237 g/mol. The number of hydrogen-bond acceptors (Lipinski definition) is 4. The van der Waals surface area contributed by atoms with Gasteiger partial charge < -0.3 is 9.15 Å². The van der Waals surface area contributed by atoms with E-state index in [-0.39, 0.29) is 11.3 Å². The minimum atomic E-state index is -0.373. The first kappa shape index (κ1) is 10.7. The van der Waals surface area contributed by atoms with Gasteiger partial charge in [-0.3, -0.25) is 0 Å². The smallest absolute Gasteiger partial charge is 0.337 e. The molecule has 0 aliphatic carbocycles. The summed E-state index contributed by atoms with van der Waals surface area (Å²) in [6.07, 6.45) is 1.52. The average Bonchev–Trinajstić information content (AvgIpc) is 2.75. The lowest BCUT2D eigenvalue weighted by Crippen LogP contribution is -2.00. The molecule has 5 heteroatoms. The van der Waals surface area contributed by atoms with Crippen LogP contribution in [0, 0.1) is 0 Å². The molecule has 0 aliphatic rings. The van der Waals surface area contributed by atoms with Crippen molar-refractivity contribution in [1.29, 1.82) is 0 Å². The number of carbonyl (C=O) groups is 1. The van der Waals surface area contributed by atoms with E-state index < -0.39 is 0 Å². The van der Waals surface area contributed by atoms with Gasteiger partial charge in [-0.25, -0.2) is 9.78 Å². The Kier molecular flexibility index (Phi) is 2.92. The fourth-order valence-corrected chi connectivity index (χ4v) is 1.41. The van der Waals surface area contributed by atoms with Crippen molar-refractivity contribution in [3.05, 3.63) is 41.4 Å². The first-order valence-electron chi connectivity index (χ1n) is 4.51. The van der Waals surface area contributed by atoms with E-state index in [1.54, 1.807) is 24.3 Å². The van der Waals surface area contributed by atoms with Gasteiger partial charge in [-0.05, 0) is 23.7 Å². The van der Waals surface area contributed by atoms with E-state index in [9.17, 15) is 4.79 Å². The molecule has 0 bridgehead atoms. The molecule has 4 nitrogen and oxygen atoms in total. The summed E-state index contributed by atoms with van der Waals surface area (Å²) in [7, 11) is 1.34. The van der Waals surface area contributed by atoms with Crippen LogP contribution in [-0.4, -0.2) is 18.1 Å². The van der Waals surface area contributed by atoms with E-state index in [2.05, 4.69) is 9.72 Å². The highest BCUT2D eigenvalue weighted by atomic mass is 35.5. The summed E-state index contributed by atoms with van der Waals surface area (Å²) in [4.78, 5) is 15.0. The molecule has 2 aromatic rings. The molecule has 2 rings (SSSR count). The van der Waals surface area contributed by atoms with E-state index in [1.807, 2.05) is 0 Å². The number of nitrogens with zero attached hydrogens (tertiary/aromatic N) is 1. The molecule has 0 radical (unpaired) electrons. The number of ether oxygens (including phenoxy) is 1. The van der Waals surface area contributed by atoms with Crippen molar-refractivity contribution in [2.24, 2.45) is 0 Å². The average molecular weight is 238 g/mol. The van der Waals surface area contributed by atoms with Gasteiger partial charge in [0.1, 0.15) is 0 Å². The topological polar surface area (TPSA) is 52.3 Å². The second-order valence-corrected chi connectivity index (χ2v) is 3.37. The quantitative estimate of drug-likeness (QED) is 0.754. The molecule has 82 valence electrons. The molecule has 0 spiro atoms. The summed E-state index contributed by atoms with van der Waals surface area (Å²) in [5.74, 6) is 0.184. The third kappa shape index (κ3) is 2.06. The van der Waals surface area contributed by atoms with Gasteiger partial charge in [0.15, 0.2) is 5.76 Å². The van der Waals surface area contributed by atoms with Gasteiger partial charge in [0.25, 0.3) is 5.35 Å². The number of oxazole rings is 1. The highest BCUT2D eigenvalue weighted by Crippen LogP contribution is 2.22. The van der Waals surface area contributed by atoms with Crippen molar-refractivity contribution in [1.82, 2.24) is 4.98 Å². The lowest BCUT2D eigenvalue weighted by molar-refractivity contribution is 0.0601.